The molecule has 2 unspecified atom stereocenters. The van der Waals surface area contributed by atoms with Crippen LogP contribution in [-0.4, -0.2) is 11.9 Å². The first-order valence-electron chi connectivity index (χ1n) is 5.31. The largest absolute Gasteiger partial charge is 0.489 e. The molecule has 1 aromatic carbocycles. The lowest BCUT2D eigenvalue weighted by molar-refractivity contribution is -0.120. The standard InChI is InChI=1S/C13H12O2/c14-11-6-7-12-10(11)8-13(15-12)9-4-2-1-3-5-9/h1-5,8,10,12H,6-7H2. The summed E-state index contributed by atoms with van der Waals surface area (Å²) in [5, 5.41) is 0. The minimum absolute atomic E-state index is 0.0141. The molecule has 1 heterocycles. The molecule has 1 aromatic rings. The van der Waals surface area contributed by atoms with E-state index in [1.165, 1.54) is 0 Å². The van der Waals surface area contributed by atoms with Gasteiger partial charge in [-0.15, -0.1) is 0 Å². The first-order valence-corrected chi connectivity index (χ1v) is 5.31. The van der Waals surface area contributed by atoms with Crippen LogP contribution < -0.4 is 0 Å². The lowest BCUT2D eigenvalue weighted by Gasteiger charge is -2.10. The van der Waals surface area contributed by atoms with E-state index in [0.29, 0.717) is 12.2 Å². The van der Waals surface area contributed by atoms with Crippen LogP contribution in [0.25, 0.3) is 5.76 Å². The van der Waals surface area contributed by atoms with E-state index in [1.54, 1.807) is 0 Å². The average Bonchev–Trinajstić information content (AvgIpc) is 2.83. The highest BCUT2D eigenvalue weighted by Crippen LogP contribution is 2.37. The Bertz CT molecular complexity index is 419. The number of hydrogen-bond donors (Lipinski definition) is 0. The Morgan fingerprint density at radius 3 is 2.73 bits per heavy atom. The van der Waals surface area contributed by atoms with Crippen LogP contribution >= 0.6 is 0 Å². The topological polar surface area (TPSA) is 26.3 Å². The molecule has 0 saturated heterocycles. The predicted octanol–water partition coefficient (Wildman–Crippen LogP) is 2.41. The lowest BCUT2D eigenvalue weighted by Crippen LogP contribution is -2.13. The Hall–Kier alpha value is -1.57. The van der Waals surface area contributed by atoms with E-state index < -0.39 is 0 Å². The minimum atomic E-state index is 0.0141. The summed E-state index contributed by atoms with van der Waals surface area (Å²) >= 11 is 0. The Kier molecular flexibility index (Phi) is 1.88. The molecular weight excluding hydrogens is 188 g/mol. The van der Waals surface area contributed by atoms with Crippen LogP contribution in [0.3, 0.4) is 0 Å². The van der Waals surface area contributed by atoms with Gasteiger partial charge in [-0.25, -0.2) is 0 Å². The van der Waals surface area contributed by atoms with Crippen LogP contribution in [0, 0.1) is 5.92 Å². The quantitative estimate of drug-likeness (QED) is 0.695. The molecule has 76 valence electrons. The van der Waals surface area contributed by atoms with Gasteiger partial charge in [0, 0.05) is 12.0 Å². The van der Waals surface area contributed by atoms with Gasteiger partial charge in [0.1, 0.15) is 17.6 Å². The van der Waals surface area contributed by atoms with Gasteiger partial charge in [-0.1, -0.05) is 30.3 Å². The van der Waals surface area contributed by atoms with Gasteiger partial charge in [0.05, 0.1) is 5.92 Å². The van der Waals surface area contributed by atoms with Crippen molar-refractivity contribution < 1.29 is 9.53 Å². The van der Waals surface area contributed by atoms with Crippen molar-refractivity contribution in [3.05, 3.63) is 42.0 Å². The predicted molar refractivity (Wildman–Crippen MR) is 57.0 cm³/mol. The number of ether oxygens (including phenoxy) is 1. The molecule has 0 radical (unpaired) electrons. The summed E-state index contributed by atoms with van der Waals surface area (Å²) in [6.45, 7) is 0. The highest BCUT2D eigenvalue weighted by atomic mass is 16.5. The molecule has 1 aliphatic carbocycles. The number of rotatable bonds is 1. The molecule has 1 fully saturated rings. The third-order valence-electron chi connectivity index (χ3n) is 3.12. The molecule has 15 heavy (non-hydrogen) atoms. The summed E-state index contributed by atoms with van der Waals surface area (Å²) in [7, 11) is 0. The van der Waals surface area contributed by atoms with E-state index in [-0.39, 0.29) is 12.0 Å². The molecule has 2 atom stereocenters. The van der Waals surface area contributed by atoms with E-state index in [0.717, 1.165) is 17.7 Å². The van der Waals surface area contributed by atoms with Crippen LogP contribution in [-0.2, 0) is 9.53 Å². The van der Waals surface area contributed by atoms with Crippen LogP contribution in [0.2, 0.25) is 0 Å². The van der Waals surface area contributed by atoms with Crippen LogP contribution in [0.1, 0.15) is 18.4 Å². The van der Waals surface area contributed by atoms with Crippen LogP contribution in [0.4, 0.5) is 0 Å². The highest BCUT2D eigenvalue weighted by molar-refractivity contribution is 5.88. The molecule has 2 nitrogen and oxygen atoms in total. The zero-order valence-corrected chi connectivity index (χ0v) is 8.35. The summed E-state index contributed by atoms with van der Waals surface area (Å²) < 4.78 is 5.78. The third-order valence-corrected chi connectivity index (χ3v) is 3.12. The molecular formula is C13H12O2. The molecule has 2 heteroatoms. The lowest BCUT2D eigenvalue weighted by atomic mass is 10.1. The van der Waals surface area contributed by atoms with Crippen molar-refractivity contribution in [1.82, 2.24) is 0 Å². The van der Waals surface area contributed by atoms with Gasteiger partial charge >= 0.3 is 0 Å². The normalized spacial score (nSPS) is 28.5. The second-order valence-corrected chi connectivity index (χ2v) is 4.08. The smallest absolute Gasteiger partial charge is 0.143 e. The Labute approximate surface area is 88.6 Å². The molecule has 0 bridgehead atoms. The van der Waals surface area contributed by atoms with Gasteiger partial charge in [-0.2, -0.15) is 0 Å². The van der Waals surface area contributed by atoms with Crippen molar-refractivity contribution in [3.63, 3.8) is 0 Å². The van der Waals surface area contributed by atoms with Crippen molar-refractivity contribution in [2.75, 3.05) is 0 Å². The van der Waals surface area contributed by atoms with Gasteiger partial charge in [0.2, 0.25) is 0 Å². The third kappa shape index (κ3) is 1.37. The average molecular weight is 200 g/mol. The first kappa shape index (κ1) is 8.72. The summed E-state index contributed by atoms with van der Waals surface area (Å²) in [6.07, 6.45) is 3.63. The van der Waals surface area contributed by atoms with E-state index in [4.69, 9.17) is 4.74 Å². The number of ketones is 1. The molecule has 0 spiro atoms. The number of carbonyl (C=O) groups is 1. The SMILES string of the molecule is O=C1CCC2OC(c3ccccc3)=CC12. The molecule has 1 aliphatic heterocycles. The molecule has 0 N–H and O–H groups in total. The zero-order valence-electron chi connectivity index (χ0n) is 8.35. The number of hydrogen-bond acceptors (Lipinski definition) is 2. The second-order valence-electron chi connectivity index (χ2n) is 4.08. The van der Waals surface area contributed by atoms with Crippen LogP contribution in [0.5, 0.6) is 0 Å². The van der Waals surface area contributed by atoms with E-state index in [9.17, 15) is 4.79 Å². The zero-order chi connectivity index (χ0) is 10.3. The van der Waals surface area contributed by atoms with Gasteiger partial charge in [0.15, 0.2) is 0 Å². The maximum atomic E-state index is 11.5. The summed E-state index contributed by atoms with van der Waals surface area (Å²) in [4.78, 5) is 11.5. The van der Waals surface area contributed by atoms with Gasteiger partial charge in [-0.3, -0.25) is 4.79 Å². The molecule has 0 aromatic heterocycles. The van der Waals surface area contributed by atoms with E-state index in [1.807, 2.05) is 36.4 Å². The van der Waals surface area contributed by atoms with Crippen molar-refractivity contribution >= 4 is 11.5 Å². The number of fused-ring (bicyclic) bond motifs is 1. The van der Waals surface area contributed by atoms with Crippen molar-refractivity contribution in [3.8, 4) is 0 Å². The number of carbonyl (C=O) groups excluding carboxylic acids is 1. The molecule has 0 amide bonds. The molecule has 2 aliphatic rings. The molecule has 3 rings (SSSR count). The summed E-state index contributed by atoms with van der Waals surface area (Å²) in [5.41, 5.74) is 1.07. The first-order chi connectivity index (χ1) is 7.34. The molecule has 1 saturated carbocycles. The van der Waals surface area contributed by atoms with Crippen molar-refractivity contribution in [2.45, 2.75) is 18.9 Å². The highest BCUT2D eigenvalue weighted by Gasteiger charge is 2.39. The van der Waals surface area contributed by atoms with Crippen LogP contribution in [0.15, 0.2) is 36.4 Å². The second kappa shape index (κ2) is 3.23. The van der Waals surface area contributed by atoms with E-state index >= 15 is 0 Å². The monoisotopic (exact) mass is 200 g/mol. The maximum absolute atomic E-state index is 11.5. The Balaban J connectivity index is 1.92. The minimum Gasteiger partial charge on any atom is -0.489 e. The summed E-state index contributed by atoms with van der Waals surface area (Å²) in [6, 6.07) is 9.96. The number of Topliss-reactive ketones (excluding diaryl/α,β-unsaturated/α-hetero) is 1. The Morgan fingerprint density at radius 2 is 2.00 bits per heavy atom. The van der Waals surface area contributed by atoms with E-state index in [2.05, 4.69) is 0 Å². The van der Waals surface area contributed by atoms with Gasteiger partial charge < -0.3 is 4.74 Å². The van der Waals surface area contributed by atoms with Crippen molar-refractivity contribution in [2.24, 2.45) is 5.92 Å². The van der Waals surface area contributed by atoms with Crippen molar-refractivity contribution in [1.29, 1.82) is 0 Å². The fourth-order valence-corrected chi connectivity index (χ4v) is 2.30. The Morgan fingerprint density at radius 1 is 1.20 bits per heavy atom. The maximum Gasteiger partial charge on any atom is 0.143 e. The van der Waals surface area contributed by atoms with Gasteiger partial charge in [-0.05, 0) is 12.5 Å². The summed E-state index contributed by atoms with van der Waals surface area (Å²) in [5.74, 6) is 1.21. The fraction of sp³-hybridized carbons (Fsp3) is 0.308. The number of benzene rings is 1. The fourth-order valence-electron chi connectivity index (χ4n) is 2.30. The van der Waals surface area contributed by atoms with Gasteiger partial charge in [0.25, 0.3) is 0 Å².